The smallest absolute Gasteiger partial charge is 0.274 e. The third-order valence-electron chi connectivity index (χ3n) is 1.26. The van der Waals surface area contributed by atoms with Crippen LogP contribution in [0.15, 0.2) is 0 Å². The second kappa shape index (κ2) is 4.01. The fourth-order valence-electron chi connectivity index (χ4n) is 0.677. The highest BCUT2D eigenvalue weighted by molar-refractivity contribution is 7.10. The molecule has 1 amide bonds. The van der Waals surface area contributed by atoms with E-state index in [2.05, 4.69) is 14.9 Å². The van der Waals surface area contributed by atoms with Crippen LogP contribution >= 0.6 is 11.5 Å². The quantitative estimate of drug-likeness (QED) is 0.709. The Hall–Kier alpha value is -1.17. The Morgan fingerprint density at radius 2 is 2.50 bits per heavy atom. The lowest BCUT2D eigenvalue weighted by Crippen LogP contribution is -2.25. The molecule has 0 aliphatic heterocycles. The number of aromatic nitrogens is 2. The third-order valence-corrected chi connectivity index (χ3v) is 1.82. The minimum Gasteiger partial charge on any atom is -0.387 e. The van der Waals surface area contributed by atoms with Crippen LogP contribution in [0.5, 0.6) is 0 Å². The largest absolute Gasteiger partial charge is 0.387 e. The summed E-state index contributed by atoms with van der Waals surface area (Å²) < 4.78 is 3.56. The zero-order valence-electron chi connectivity index (χ0n) is 6.70. The van der Waals surface area contributed by atoms with E-state index >= 15 is 0 Å². The number of anilines is 1. The number of carbonyl (C=O) groups excluding carboxylic acids is 1. The van der Waals surface area contributed by atoms with Gasteiger partial charge in [-0.15, -0.1) is 5.10 Å². The highest BCUT2D eigenvalue weighted by Crippen LogP contribution is 2.11. The number of nitrogens with one attached hydrogen (secondary N) is 1. The minimum atomic E-state index is -0.247. The molecule has 5 nitrogen and oxygen atoms in total. The second-order valence-corrected chi connectivity index (χ2v) is 3.03. The van der Waals surface area contributed by atoms with Crippen LogP contribution in [0.4, 0.5) is 5.00 Å². The van der Waals surface area contributed by atoms with E-state index in [1.807, 2.05) is 6.92 Å². The molecule has 1 rings (SSSR count). The van der Waals surface area contributed by atoms with Crippen LogP contribution in [0.3, 0.4) is 0 Å². The Bertz CT molecular complexity index is 272. The van der Waals surface area contributed by atoms with Crippen LogP contribution in [0.2, 0.25) is 0 Å². The first-order valence-corrected chi connectivity index (χ1v) is 4.39. The van der Waals surface area contributed by atoms with Gasteiger partial charge in [-0.2, -0.15) is 0 Å². The van der Waals surface area contributed by atoms with Gasteiger partial charge in [-0.05, 0) is 6.42 Å². The van der Waals surface area contributed by atoms with Crippen molar-refractivity contribution in [3.8, 4) is 0 Å². The Kier molecular flexibility index (Phi) is 2.98. The van der Waals surface area contributed by atoms with E-state index in [1.165, 1.54) is 0 Å². The minimum absolute atomic E-state index is 0.230. The number of hydrogen-bond acceptors (Lipinski definition) is 5. The molecule has 6 heteroatoms. The molecular formula is C6H10N4OS. The summed E-state index contributed by atoms with van der Waals surface area (Å²) >= 11 is 1.02. The summed E-state index contributed by atoms with van der Waals surface area (Å²) in [4.78, 5) is 11.2. The highest BCUT2D eigenvalue weighted by Gasteiger charge is 2.12. The summed E-state index contributed by atoms with van der Waals surface area (Å²) in [6, 6.07) is 0. The van der Waals surface area contributed by atoms with E-state index in [-0.39, 0.29) is 11.6 Å². The van der Waals surface area contributed by atoms with Crippen LogP contribution in [0.1, 0.15) is 23.8 Å². The molecule has 0 fully saturated rings. The summed E-state index contributed by atoms with van der Waals surface area (Å²) in [5.41, 5.74) is 5.68. The van der Waals surface area contributed by atoms with E-state index in [4.69, 9.17) is 5.73 Å². The van der Waals surface area contributed by atoms with Gasteiger partial charge in [0, 0.05) is 18.1 Å². The molecule has 0 radical (unpaired) electrons. The van der Waals surface area contributed by atoms with Gasteiger partial charge in [-0.25, -0.2) is 0 Å². The first-order chi connectivity index (χ1) is 5.75. The van der Waals surface area contributed by atoms with Crippen molar-refractivity contribution in [2.75, 3.05) is 12.3 Å². The Labute approximate surface area is 74.1 Å². The van der Waals surface area contributed by atoms with Crippen molar-refractivity contribution >= 4 is 22.4 Å². The molecule has 1 heterocycles. The Morgan fingerprint density at radius 1 is 1.75 bits per heavy atom. The van der Waals surface area contributed by atoms with Gasteiger partial charge in [0.25, 0.3) is 5.91 Å². The second-order valence-electron chi connectivity index (χ2n) is 2.24. The molecule has 0 aliphatic carbocycles. The van der Waals surface area contributed by atoms with Crippen molar-refractivity contribution in [2.24, 2.45) is 0 Å². The standard InChI is InChI=1S/C6H10N4OS/c1-2-3-8-6(11)4-5(7)12-10-9-4/h2-3,7H2,1H3,(H,8,11). The summed E-state index contributed by atoms with van der Waals surface area (Å²) in [6.45, 7) is 2.61. The summed E-state index contributed by atoms with van der Waals surface area (Å²) in [7, 11) is 0. The molecule has 0 unspecified atom stereocenters. The zero-order chi connectivity index (χ0) is 8.97. The van der Waals surface area contributed by atoms with Crippen molar-refractivity contribution in [1.82, 2.24) is 14.9 Å². The van der Waals surface area contributed by atoms with E-state index in [0.29, 0.717) is 11.5 Å². The van der Waals surface area contributed by atoms with Crippen molar-refractivity contribution in [2.45, 2.75) is 13.3 Å². The molecule has 3 N–H and O–H groups in total. The monoisotopic (exact) mass is 186 g/mol. The van der Waals surface area contributed by atoms with Gasteiger partial charge in [0.05, 0.1) is 0 Å². The number of nitrogen functional groups attached to an aromatic ring is 1. The average Bonchev–Trinajstić information content (AvgIpc) is 2.47. The number of nitrogens with two attached hydrogens (primary N) is 1. The first-order valence-electron chi connectivity index (χ1n) is 3.61. The average molecular weight is 186 g/mol. The maximum atomic E-state index is 11.2. The van der Waals surface area contributed by atoms with E-state index in [9.17, 15) is 4.79 Å². The van der Waals surface area contributed by atoms with E-state index < -0.39 is 0 Å². The van der Waals surface area contributed by atoms with Crippen LogP contribution in [0.25, 0.3) is 0 Å². The van der Waals surface area contributed by atoms with Gasteiger partial charge in [-0.3, -0.25) is 4.79 Å². The van der Waals surface area contributed by atoms with Crippen LogP contribution in [0, 0.1) is 0 Å². The lowest BCUT2D eigenvalue weighted by Gasteiger charge is -1.98. The zero-order valence-corrected chi connectivity index (χ0v) is 7.52. The molecule has 0 spiro atoms. The van der Waals surface area contributed by atoms with E-state index in [0.717, 1.165) is 18.0 Å². The van der Waals surface area contributed by atoms with Gasteiger partial charge in [0.15, 0.2) is 5.69 Å². The van der Waals surface area contributed by atoms with E-state index in [1.54, 1.807) is 0 Å². The Morgan fingerprint density at radius 3 is 3.00 bits per heavy atom. The van der Waals surface area contributed by atoms with Gasteiger partial charge in [0.1, 0.15) is 5.00 Å². The molecular weight excluding hydrogens is 176 g/mol. The van der Waals surface area contributed by atoms with Gasteiger partial charge in [-0.1, -0.05) is 11.4 Å². The normalized spacial score (nSPS) is 9.75. The number of nitrogens with zero attached hydrogens (tertiary/aromatic N) is 2. The third kappa shape index (κ3) is 1.91. The Balaban J connectivity index is 2.59. The summed E-state index contributed by atoms with van der Waals surface area (Å²) in [6.07, 6.45) is 0.892. The van der Waals surface area contributed by atoms with Crippen molar-refractivity contribution < 1.29 is 4.79 Å². The first kappa shape index (κ1) is 8.92. The molecule has 12 heavy (non-hydrogen) atoms. The lowest BCUT2D eigenvalue weighted by molar-refractivity contribution is 0.0949. The van der Waals surface area contributed by atoms with Crippen molar-refractivity contribution in [3.05, 3.63) is 5.69 Å². The molecule has 0 saturated carbocycles. The molecule has 1 aromatic heterocycles. The van der Waals surface area contributed by atoms with Crippen molar-refractivity contribution in [3.63, 3.8) is 0 Å². The summed E-state index contributed by atoms with van der Waals surface area (Å²) in [5.74, 6) is -0.247. The lowest BCUT2D eigenvalue weighted by atomic mass is 10.4. The molecule has 0 saturated heterocycles. The van der Waals surface area contributed by atoms with Crippen LogP contribution in [-0.4, -0.2) is 22.0 Å². The summed E-state index contributed by atoms with van der Waals surface area (Å²) in [5, 5.41) is 6.63. The van der Waals surface area contributed by atoms with Crippen LogP contribution < -0.4 is 11.1 Å². The van der Waals surface area contributed by atoms with Crippen LogP contribution in [-0.2, 0) is 0 Å². The molecule has 66 valence electrons. The van der Waals surface area contributed by atoms with Gasteiger partial charge >= 0.3 is 0 Å². The number of rotatable bonds is 3. The maximum Gasteiger partial charge on any atom is 0.274 e. The number of hydrogen-bond donors (Lipinski definition) is 2. The topological polar surface area (TPSA) is 80.9 Å². The fourth-order valence-corrected chi connectivity index (χ4v) is 1.11. The van der Waals surface area contributed by atoms with Crippen molar-refractivity contribution in [1.29, 1.82) is 0 Å². The molecule has 0 aromatic carbocycles. The van der Waals surface area contributed by atoms with Gasteiger partial charge < -0.3 is 11.1 Å². The maximum absolute atomic E-state index is 11.2. The van der Waals surface area contributed by atoms with Gasteiger partial charge in [0.2, 0.25) is 0 Å². The number of carbonyl (C=O) groups is 1. The predicted molar refractivity (Wildman–Crippen MR) is 46.9 cm³/mol. The molecule has 0 atom stereocenters. The molecule has 1 aromatic rings. The highest BCUT2D eigenvalue weighted by atomic mass is 32.1. The molecule has 0 aliphatic rings. The SMILES string of the molecule is CCCNC(=O)c1nnsc1N. The number of amides is 1. The molecule has 0 bridgehead atoms. The fraction of sp³-hybridized carbons (Fsp3) is 0.500. The predicted octanol–water partition coefficient (Wildman–Crippen LogP) is 0.260.